The molecule has 0 radical (unpaired) electrons. The van der Waals surface area contributed by atoms with Crippen molar-refractivity contribution in [1.29, 1.82) is 0 Å². The van der Waals surface area contributed by atoms with Crippen molar-refractivity contribution in [1.82, 2.24) is 10.6 Å². The van der Waals surface area contributed by atoms with Crippen LogP contribution in [0.5, 0.6) is 0 Å². The van der Waals surface area contributed by atoms with Crippen LogP contribution in [-0.4, -0.2) is 32.4 Å². The normalized spacial score (nSPS) is 26.5. The molecule has 1 spiro atoms. The summed E-state index contributed by atoms with van der Waals surface area (Å²) >= 11 is 3.53. The van der Waals surface area contributed by atoms with E-state index in [1.807, 2.05) is 0 Å². The molecule has 72 valence electrons. The number of rotatable bonds is 0. The third kappa shape index (κ3) is 2.38. The molecule has 0 amide bonds. The highest BCUT2D eigenvalue weighted by Crippen LogP contribution is 2.29. The summed E-state index contributed by atoms with van der Waals surface area (Å²) < 4.78 is 0. The number of nitrogens with one attached hydrogen (secondary N) is 2. The fourth-order valence-corrected chi connectivity index (χ4v) is 1.97. The maximum atomic E-state index is 3.53. The molecule has 2 aliphatic heterocycles. The van der Waals surface area contributed by atoms with Crippen LogP contribution in [0.1, 0.15) is 19.3 Å². The van der Waals surface area contributed by atoms with Crippen LogP contribution >= 0.6 is 12.6 Å². The van der Waals surface area contributed by atoms with Gasteiger partial charge >= 0.3 is 0 Å². The molecule has 0 atom stereocenters. The standard InChI is InChI=1S/C8H16N2.CH4S/c1-2-4-9-5-8(3-1)6-10-7-8;1-2/h9-10H,1-7H2;2H,1H3. The zero-order valence-electron chi connectivity index (χ0n) is 7.90. The molecule has 0 saturated carbocycles. The summed E-state index contributed by atoms with van der Waals surface area (Å²) in [4.78, 5) is 0. The van der Waals surface area contributed by atoms with E-state index in [1.165, 1.54) is 45.4 Å². The monoisotopic (exact) mass is 188 g/mol. The predicted octanol–water partition coefficient (Wildman–Crippen LogP) is 0.895. The molecule has 0 aromatic rings. The van der Waals surface area contributed by atoms with Gasteiger partial charge in [0.15, 0.2) is 0 Å². The second-order valence-corrected chi connectivity index (χ2v) is 3.74. The molecule has 0 aliphatic carbocycles. The van der Waals surface area contributed by atoms with Crippen LogP contribution in [0.3, 0.4) is 0 Å². The Balaban J connectivity index is 0.000000336. The third-order valence-electron chi connectivity index (χ3n) is 2.81. The summed E-state index contributed by atoms with van der Waals surface area (Å²) in [5.41, 5.74) is 0.663. The van der Waals surface area contributed by atoms with Gasteiger partial charge in [0.25, 0.3) is 0 Å². The zero-order valence-corrected chi connectivity index (χ0v) is 8.79. The Hall–Kier alpha value is 0.270. The molecule has 2 fully saturated rings. The molecule has 0 bridgehead atoms. The first kappa shape index (κ1) is 10.4. The first-order valence-corrected chi connectivity index (χ1v) is 5.67. The molecule has 0 aromatic heterocycles. The van der Waals surface area contributed by atoms with Gasteiger partial charge in [-0.15, -0.1) is 0 Å². The minimum absolute atomic E-state index is 0.663. The highest BCUT2D eigenvalue weighted by molar-refractivity contribution is 7.79. The van der Waals surface area contributed by atoms with Gasteiger partial charge in [0.2, 0.25) is 0 Å². The fraction of sp³-hybridized carbons (Fsp3) is 1.00. The molecule has 0 aromatic carbocycles. The van der Waals surface area contributed by atoms with Crippen molar-refractivity contribution in [2.75, 3.05) is 32.4 Å². The largest absolute Gasteiger partial charge is 0.316 e. The van der Waals surface area contributed by atoms with Gasteiger partial charge in [0, 0.05) is 25.0 Å². The SMILES string of the molecule is C1CCC2(CNC1)CNC2.CS. The Morgan fingerprint density at radius 2 is 1.67 bits per heavy atom. The van der Waals surface area contributed by atoms with E-state index in [2.05, 4.69) is 23.3 Å². The summed E-state index contributed by atoms with van der Waals surface area (Å²) in [6.45, 7) is 4.99. The van der Waals surface area contributed by atoms with Gasteiger partial charge in [-0.3, -0.25) is 0 Å². The van der Waals surface area contributed by atoms with Crippen LogP contribution in [0.15, 0.2) is 0 Å². The summed E-state index contributed by atoms with van der Waals surface area (Å²) in [5, 5.41) is 6.86. The fourth-order valence-electron chi connectivity index (χ4n) is 1.97. The van der Waals surface area contributed by atoms with E-state index in [9.17, 15) is 0 Å². The Morgan fingerprint density at radius 3 is 2.25 bits per heavy atom. The molecule has 2 heterocycles. The van der Waals surface area contributed by atoms with Gasteiger partial charge in [0.1, 0.15) is 0 Å². The van der Waals surface area contributed by atoms with E-state index in [4.69, 9.17) is 0 Å². The van der Waals surface area contributed by atoms with Crippen molar-refractivity contribution >= 4 is 12.6 Å². The summed E-state index contributed by atoms with van der Waals surface area (Å²) in [7, 11) is 0. The summed E-state index contributed by atoms with van der Waals surface area (Å²) in [5.74, 6) is 0. The molecule has 2 nitrogen and oxygen atoms in total. The minimum atomic E-state index is 0.663. The Morgan fingerprint density at radius 1 is 1.00 bits per heavy atom. The van der Waals surface area contributed by atoms with E-state index in [-0.39, 0.29) is 0 Å². The van der Waals surface area contributed by atoms with Gasteiger partial charge in [-0.25, -0.2) is 0 Å². The quantitative estimate of drug-likeness (QED) is 0.492. The van der Waals surface area contributed by atoms with Crippen molar-refractivity contribution in [3.63, 3.8) is 0 Å². The van der Waals surface area contributed by atoms with E-state index in [1.54, 1.807) is 6.26 Å². The number of hydrogen-bond donors (Lipinski definition) is 3. The van der Waals surface area contributed by atoms with Crippen LogP contribution in [0.4, 0.5) is 0 Å². The average molecular weight is 188 g/mol. The second-order valence-electron chi connectivity index (χ2n) is 3.74. The lowest BCUT2D eigenvalue weighted by atomic mass is 9.78. The van der Waals surface area contributed by atoms with Crippen LogP contribution < -0.4 is 10.6 Å². The number of hydrogen-bond acceptors (Lipinski definition) is 3. The van der Waals surface area contributed by atoms with Crippen molar-refractivity contribution in [3.05, 3.63) is 0 Å². The molecule has 0 unspecified atom stereocenters. The van der Waals surface area contributed by atoms with Gasteiger partial charge in [-0.1, -0.05) is 6.42 Å². The van der Waals surface area contributed by atoms with Crippen LogP contribution in [0.2, 0.25) is 0 Å². The van der Waals surface area contributed by atoms with Gasteiger partial charge < -0.3 is 10.6 Å². The third-order valence-corrected chi connectivity index (χ3v) is 2.81. The van der Waals surface area contributed by atoms with Crippen molar-refractivity contribution in [2.45, 2.75) is 19.3 Å². The summed E-state index contributed by atoms with van der Waals surface area (Å²) in [6.07, 6.45) is 5.93. The summed E-state index contributed by atoms with van der Waals surface area (Å²) in [6, 6.07) is 0. The van der Waals surface area contributed by atoms with Crippen LogP contribution in [0.25, 0.3) is 0 Å². The lowest BCUT2D eigenvalue weighted by molar-refractivity contribution is 0.157. The smallest absolute Gasteiger partial charge is 0.00772 e. The molecule has 3 heteroatoms. The lowest BCUT2D eigenvalue weighted by Crippen LogP contribution is -2.57. The van der Waals surface area contributed by atoms with E-state index in [0.717, 1.165) is 0 Å². The molecular weight excluding hydrogens is 168 g/mol. The molecule has 2 aliphatic rings. The van der Waals surface area contributed by atoms with Crippen LogP contribution in [-0.2, 0) is 0 Å². The Labute approximate surface area is 80.9 Å². The van der Waals surface area contributed by atoms with Gasteiger partial charge in [-0.2, -0.15) is 12.6 Å². The molecule has 2 saturated heterocycles. The first-order valence-electron chi connectivity index (χ1n) is 4.78. The topological polar surface area (TPSA) is 24.1 Å². The molecular formula is C9H20N2S. The van der Waals surface area contributed by atoms with Crippen molar-refractivity contribution in [2.24, 2.45) is 5.41 Å². The zero-order chi connectivity index (χ0) is 8.86. The highest BCUT2D eigenvalue weighted by atomic mass is 32.1. The lowest BCUT2D eigenvalue weighted by Gasteiger charge is -2.42. The van der Waals surface area contributed by atoms with Gasteiger partial charge in [-0.05, 0) is 25.6 Å². The molecule has 2 N–H and O–H groups in total. The molecule has 12 heavy (non-hydrogen) atoms. The average Bonchev–Trinajstić information content (AvgIpc) is 2.31. The highest BCUT2D eigenvalue weighted by Gasteiger charge is 2.36. The van der Waals surface area contributed by atoms with Crippen LogP contribution in [0, 0.1) is 5.41 Å². The Kier molecular flexibility index (Phi) is 4.40. The predicted molar refractivity (Wildman–Crippen MR) is 56.9 cm³/mol. The number of thiol groups is 1. The minimum Gasteiger partial charge on any atom is -0.316 e. The maximum Gasteiger partial charge on any atom is 0.00772 e. The van der Waals surface area contributed by atoms with Crippen molar-refractivity contribution < 1.29 is 0 Å². The Bertz CT molecular complexity index is 114. The second kappa shape index (κ2) is 5.10. The first-order chi connectivity index (χ1) is 5.91. The van der Waals surface area contributed by atoms with Crippen molar-refractivity contribution in [3.8, 4) is 0 Å². The van der Waals surface area contributed by atoms with E-state index in [0.29, 0.717) is 5.41 Å². The molecule has 2 rings (SSSR count). The van der Waals surface area contributed by atoms with Gasteiger partial charge in [0.05, 0.1) is 0 Å². The maximum absolute atomic E-state index is 3.53. The van der Waals surface area contributed by atoms with E-state index >= 15 is 0 Å². The van der Waals surface area contributed by atoms with E-state index < -0.39 is 0 Å².